The lowest BCUT2D eigenvalue weighted by atomic mass is 10.1. The largest absolute Gasteiger partial charge is 0.497 e. The first-order valence-corrected chi connectivity index (χ1v) is 8.30. The summed E-state index contributed by atoms with van der Waals surface area (Å²) >= 11 is 11.9. The van der Waals surface area contributed by atoms with Crippen molar-refractivity contribution in [2.75, 3.05) is 20.8 Å². The van der Waals surface area contributed by atoms with E-state index in [9.17, 15) is 4.79 Å². The fourth-order valence-corrected chi connectivity index (χ4v) is 2.62. The number of rotatable bonds is 7. The lowest BCUT2D eigenvalue weighted by molar-refractivity contribution is -0.123. The molecule has 0 aliphatic carbocycles. The minimum Gasteiger partial charge on any atom is -0.497 e. The zero-order valence-corrected chi connectivity index (χ0v) is 15.6. The van der Waals surface area contributed by atoms with Gasteiger partial charge < -0.3 is 19.5 Å². The quantitative estimate of drug-likeness (QED) is 0.775. The predicted octanol–water partition coefficient (Wildman–Crippen LogP) is 4.27. The van der Waals surface area contributed by atoms with Crippen LogP contribution in [0.15, 0.2) is 36.4 Å². The lowest BCUT2D eigenvalue weighted by Gasteiger charge is -2.18. The minimum atomic E-state index is -0.298. The molecule has 7 heteroatoms. The van der Waals surface area contributed by atoms with Crippen LogP contribution in [0, 0.1) is 0 Å². The third-order valence-electron chi connectivity index (χ3n) is 3.56. The van der Waals surface area contributed by atoms with Crippen LogP contribution >= 0.6 is 23.2 Å². The van der Waals surface area contributed by atoms with Gasteiger partial charge in [-0.05, 0) is 37.3 Å². The van der Waals surface area contributed by atoms with Crippen molar-refractivity contribution in [1.29, 1.82) is 0 Å². The summed E-state index contributed by atoms with van der Waals surface area (Å²) in [5, 5.41) is 3.50. The second-order valence-electron chi connectivity index (χ2n) is 5.24. The third kappa shape index (κ3) is 4.94. The van der Waals surface area contributed by atoms with E-state index in [2.05, 4.69) is 5.32 Å². The molecule has 0 aliphatic rings. The van der Waals surface area contributed by atoms with Gasteiger partial charge in [0.2, 0.25) is 0 Å². The minimum absolute atomic E-state index is 0.184. The van der Waals surface area contributed by atoms with E-state index in [-0.39, 0.29) is 23.6 Å². The Kier molecular flexibility index (Phi) is 6.79. The predicted molar refractivity (Wildman–Crippen MR) is 98.1 cm³/mol. The first-order valence-electron chi connectivity index (χ1n) is 7.54. The van der Waals surface area contributed by atoms with E-state index >= 15 is 0 Å². The molecule has 1 amide bonds. The van der Waals surface area contributed by atoms with Crippen LogP contribution in [0.5, 0.6) is 17.2 Å². The topological polar surface area (TPSA) is 56.8 Å². The summed E-state index contributed by atoms with van der Waals surface area (Å²) in [6.45, 7) is 1.66. The molecule has 0 fully saturated rings. The summed E-state index contributed by atoms with van der Waals surface area (Å²) in [4.78, 5) is 12.2. The zero-order valence-electron chi connectivity index (χ0n) is 14.1. The molecule has 0 radical (unpaired) electrons. The number of ether oxygens (including phenoxy) is 3. The van der Waals surface area contributed by atoms with Gasteiger partial charge in [0.05, 0.1) is 25.3 Å². The molecule has 2 aromatic carbocycles. The number of nitrogens with one attached hydrogen (secondary N) is 1. The molecule has 25 heavy (non-hydrogen) atoms. The van der Waals surface area contributed by atoms with Gasteiger partial charge in [0.15, 0.2) is 6.61 Å². The van der Waals surface area contributed by atoms with Crippen molar-refractivity contribution >= 4 is 29.1 Å². The maximum Gasteiger partial charge on any atom is 0.258 e. The molecular formula is C18H19Cl2NO4. The van der Waals surface area contributed by atoms with Crippen molar-refractivity contribution < 1.29 is 19.0 Å². The van der Waals surface area contributed by atoms with Gasteiger partial charge in [-0.1, -0.05) is 29.3 Å². The summed E-state index contributed by atoms with van der Waals surface area (Å²) in [6, 6.07) is 10.1. The number of amides is 1. The van der Waals surface area contributed by atoms with Crippen LogP contribution in [0.1, 0.15) is 18.5 Å². The Morgan fingerprint density at radius 1 is 1.12 bits per heavy atom. The number of halogens is 2. The molecule has 0 heterocycles. The number of benzene rings is 2. The highest BCUT2D eigenvalue weighted by atomic mass is 35.5. The van der Waals surface area contributed by atoms with Gasteiger partial charge in [-0.3, -0.25) is 4.79 Å². The van der Waals surface area contributed by atoms with Crippen molar-refractivity contribution in [1.82, 2.24) is 5.32 Å². The molecule has 2 aromatic rings. The van der Waals surface area contributed by atoms with Crippen molar-refractivity contribution in [2.24, 2.45) is 0 Å². The van der Waals surface area contributed by atoms with Gasteiger partial charge in [-0.25, -0.2) is 0 Å². The van der Waals surface area contributed by atoms with Gasteiger partial charge in [0.25, 0.3) is 5.91 Å². The molecule has 1 atom stereocenters. The third-order valence-corrected chi connectivity index (χ3v) is 4.36. The van der Waals surface area contributed by atoms with Gasteiger partial charge in [-0.2, -0.15) is 0 Å². The summed E-state index contributed by atoms with van der Waals surface area (Å²) < 4.78 is 16.0. The van der Waals surface area contributed by atoms with E-state index < -0.39 is 0 Å². The van der Waals surface area contributed by atoms with Crippen LogP contribution in [-0.2, 0) is 4.79 Å². The van der Waals surface area contributed by atoms with E-state index in [1.54, 1.807) is 44.6 Å². The fourth-order valence-electron chi connectivity index (χ4n) is 2.28. The van der Waals surface area contributed by atoms with Crippen molar-refractivity contribution in [3.05, 3.63) is 52.0 Å². The van der Waals surface area contributed by atoms with Gasteiger partial charge in [0, 0.05) is 5.56 Å². The monoisotopic (exact) mass is 383 g/mol. The van der Waals surface area contributed by atoms with Crippen molar-refractivity contribution in [2.45, 2.75) is 13.0 Å². The Hall–Kier alpha value is -2.11. The van der Waals surface area contributed by atoms with Gasteiger partial charge in [-0.15, -0.1) is 0 Å². The van der Waals surface area contributed by atoms with Gasteiger partial charge >= 0.3 is 0 Å². The van der Waals surface area contributed by atoms with Crippen LogP contribution in [0.4, 0.5) is 0 Å². The van der Waals surface area contributed by atoms with Crippen molar-refractivity contribution in [3.63, 3.8) is 0 Å². The standard InChI is InChI=1S/C18H19Cl2NO4/c1-11(13-9-12(23-2)7-8-15(13)24-3)21-17(22)10-25-16-6-4-5-14(19)18(16)20/h4-9,11H,10H2,1-3H3,(H,21,22). The lowest BCUT2D eigenvalue weighted by Crippen LogP contribution is -2.31. The maximum atomic E-state index is 12.2. The Bertz CT molecular complexity index is 752. The molecular weight excluding hydrogens is 365 g/mol. The Morgan fingerprint density at radius 3 is 2.56 bits per heavy atom. The fraction of sp³-hybridized carbons (Fsp3) is 0.278. The molecule has 0 aliphatic heterocycles. The summed E-state index contributed by atoms with van der Waals surface area (Å²) in [7, 11) is 3.15. The summed E-state index contributed by atoms with van der Waals surface area (Å²) in [5.74, 6) is 1.40. The molecule has 2 rings (SSSR count). The molecule has 0 aromatic heterocycles. The van der Waals surface area contributed by atoms with Crippen molar-refractivity contribution in [3.8, 4) is 17.2 Å². The Labute approximate surface area is 156 Å². The summed E-state index contributed by atoms with van der Waals surface area (Å²) in [6.07, 6.45) is 0. The van der Waals surface area contributed by atoms with E-state index in [0.717, 1.165) is 5.56 Å². The first kappa shape index (κ1) is 19.2. The van der Waals surface area contributed by atoms with E-state index in [1.165, 1.54) is 0 Å². The normalized spacial score (nSPS) is 11.6. The molecule has 0 saturated heterocycles. The number of hydrogen-bond donors (Lipinski definition) is 1. The summed E-state index contributed by atoms with van der Waals surface area (Å²) in [5.41, 5.74) is 0.802. The average Bonchev–Trinajstić information content (AvgIpc) is 2.62. The van der Waals surface area contributed by atoms with Crippen LogP contribution in [0.2, 0.25) is 10.0 Å². The highest BCUT2D eigenvalue weighted by Gasteiger charge is 2.16. The Balaban J connectivity index is 2.01. The zero-order chi connectivity index (χ0) is 18.4. The van der Waals surface area contributed by atoms with Crippen LogP contribution in [-0.4, -0.2) is 26.7 Å². The highest BCUT2D eigenvalue weighted by Crippen LogP contribution is 2.32. The van der Waals surface area contributed by atoms with E-state index in [0.29, 0.717) is 22.3 Å². The smallest absolute Gasteiger partial charge is 0.258 e. The molecule has 1 unspecified atom stereocenters. The van der Waals surface area contributed by atoms with Gasteiger partial charge in [0.1, 0.15) is 22.3 Å². The number of carbonyl (C=O) groups is 1. The van der Waals surface area contributed by atoms with Crippen LogP contribution in [0.3, 0.4) is 0 Å². The van der Waals surface area contributed by atoms with Crippen LogP contribution in [0.25, 0.3) is 0 Å². The highest BCUT2D eigenvalue weighted by molar-refractivity contribution is 6.42. The molecule has 0 spiro atoms. The maximum absolute atomic E-state index is 12.2. The van der Waals surface area contributed by atoms with E-state index in [1.807, 2.05) is 13.0 Å². The second kappa shape index (κ2) is 8.83. The molecule has 1 N–H and O–H groups in total. The molecule has 5 nitrogen and oxygen atoms in total. The SMILES string of the molecule is COc1ccc(OC)c(C(C)NC(=O)COc2cccc(Cl)c2Cl)c1. The number of hydrogen-bond acceptors (Lipinski definition) is 4. The molecule has 134 valence electrons. The second-order valence-corrected chi connectivity index (χ2v) is 6.02. The number of methoxy groups -OCH3 is 2. The average molecular weight is 384 g/mol. The molecule has 0 saturated carbocycles. The number of carbonyl (C=O) groups excluding carboxylic acids is 1. The Morgan fingerprint density at radius 2 is 1.88 bits per heavy atom. The first-order chi connectivity index (χ1) is 12.0. The molecule has 0 bridgehead atoms. The van der Waals surface area contributed by atoms with Crippen LogP contribution < -0.4 is 19.5 Å². The van der Waals surface area contributed by atoms with E-state index in [4.69, 9.17) is 37.4 Å².